The summed E-state index contributed by atoms with van der Waals surface area (Å²) >= 11 is 0. The van der Waals surface area contributed by atoms with E-state index in [1.165, 1.54) is 28.1 Å². The molecule has 0 fully saturated rings. The highest BCUT2D eigenvalue weighted by Crippen LogP contribution is 2.34. The van der Waals surface area contributed by atoms with Crippen molar-refractivity contribution in [3.63, 3.8) is 0 Å². The van der Waals surface area contributed by atoms with Gasteiger partial charge in [-0.15, -0.1) is 0 Å². The van der Waals surface area contributed by atoms with Gasteiger partial charge in [0.2, 0.25) is 0 Å². The first-order valence-electron chi connectivity index (χ1n) is 16.5. The molecular formula is C46H38N2. The summed E-state index contributed by atoms with van der Waals surface area (Å²) in [6, 6.07) is 58.2. The van der Waals surface area contributed by atoms with Crippen LogP contribution in [0.1, 0.15) is 28.7 Å². The van der Waals surface area contributed by atoms with Crippen molar-refractivity contribution in [2.45, 2.75) is 12.5 Å². The third kappa shape index (κ3) is 7.46. The van der Waals surface area contributed by atoms with Gasteiger partial charge in [0.1, 0.15) is 0 Å². The number of hydrogen-bond acceptors (Lipinski definition) is 2. The molecule has 0 aromatic heterocycles. The molecule has 0 N–H and O–H groups in total. The topological polar surface area (TPSA) is 6.48 Å². The highest BCUT2D eigenvalue weighted by atomic mass is 15.2. The second-order valence-corrected chi connectivity index (χ2v) is 11.8. The lowest BCUT2D eigenvalue weighted by atomic mass is 10.0. The summed E-state index contributed by atoms with van der Waals surface area (Å²) < 4.78 is 0. The van der Waals surface area contributed by atoms with Crippen molar-refractivity contribution >= 4 is 52.7 Å². The molecule has 1 aliphatic rings. The van der Waals surface area contributed by atoms with Crippen molar-refractivity contribution in [1.29, 1.82) is 0 Å². The normalized spacial score (nSPS) is 14.0. The van der Waals surface area contributed by atoms with Crippen LogP contribution in [0.25, 0.3) is 24.3 Å². The largest absolute Gasteiger partial charge is 0.334 e. The van der Waals surface area contributed by atoms with E-state index >= 15 is 0 Å². The minimum atomic E-state index is 0.301. The molecule has 0 radical (unpaired) electrons. The van der Waals surface area contributed by atoms with E-state index in [0.29, 0.717) is 6.04 Å². The number of para-hydroxylation sites is 3. The lowest BCUT2D eigenvalue weighted by molar-refractivity contribution is 0.785. The molecule has 232 valence electrons. The third-order valence-electron chi connectivity index (χ3n) is 8.55. The molecule has 48 heavy (non-hydrogen) atoms. The molecule has 0 heterocycles. The highest BCUT2D eigenvalue weighted by Gasteiger charge is 2.18. The fraction of sp³-hybridized carbons (Fsp3) is 0.0435. The van der Waals surface area contributed by atoms with Gasteiger partial charge in [-0.2, -0.15) is 0 Å². The predicted octanol–water partition coefficient (Wildman–Crippen LogP) is 12.5. The average molecular weight is 619 g/mol. The van der Waals surface area contributed by atoms with E-state index in [9.17, 15) is 0 Å². The Balaban J connectivity index is 1.00. The average Bonchev–Trinajstić information content (AvgIpc) is 3.17. The fourth-order valence-corrected chi connectivity index (χ4v) is 6.06. The summed E-state index contributed by atoms with van der Waals surface area (Å²) in [5.74, 6) is 0. The Bertz CT molecular complexity index is 1970. The Hall–Kier alpha value is -6.12. The molecule has 2 nitrogen and oxygen atoms in total. The first-order chi connectivity index (χ1) is 23.8. The number of benzene rings is 6. The van der Waals surface area contributed by atoms with Crippen LogP contribution in [0.15, 0.2) is 188 Å². The van der Waals surface area contributed by atoms with Gasteiger partial charge in [-0.3, -0.25) is 0 Å². The molecule has 7 rings (SSSR count). The standard InChI is InChI=1S/C46H38N2/c1-5-13-41(14-6-1)47(42-15-7-2-8-16-42)45-33-29-39(30-34-45)27-25-37-21-23-38(24-22-37)26-28-40-31-35-46(36-32-40)48(43-17-9-3-10-18-43)44-19-11-4-12-20-44/h1-19,21-36,44H,20H2/b27-25+,28-26+. The maximum atomic E-state index is 2.41. The second kappa shape index (κ2) is 15.0. The maximum absolute atomic E-state index is 2.41. The summed E-state index contributed by atoms with van der Waals surface area (Å²) in [6.45, 7) is 0. The molecule has 2 heteroatoms. The molecule has 0 amide bonds. The van der Waals surface area contributed by atoms with Crippen molar-refractivity contribution in [2.24, 2.45) is 0 Å². The van der Waals surface area contributed by atoms with Crippen molar-refractivity contribution in [1.82, 2.24) is 0 Å². The zero-order valence-electron chi connectivity index (χ0n) is 26.9. The molecule has 0 aliphatic heterocycles. The molecular weight excluding hydrogens is 581 g/mol. The van der Waals surface area contributed by atoms with E-state index in [4.69, 9.17) is 0 Å². The molecule has 0 bridgehead atoms. The minimum Gasteiger partial charge on any atom is -0.334 e. The van der Waals surface area contributed by atoms with Gasteiger partial charge < -0.3 is 9.80 Å². The molecule has 6 aromatic carbocycles. The monoisotopic (exact) mass is 618 g/mol. The molecule has 0 saturated carbocycles. The first kappa shape index (κ1) is 30.5. The fourth-order valence-electron chi connectivity index (χ4n) is 6.06. The molecule has 1 unspecified atom stereocenters. The summed E-state index contributed by atoms with van der Waals surface area (Å²) in [6.07, 6.45) is 18.5. The molecule has 1 aliphatic carbocycles. The molecule has 1 atom stereocenters. The lowest BCUT2D eigenvalue weighted by Gasteiger charge is -2.32. The summed E-state index contributed by atoms with van der Waals surface area (Å²) in [7, 11) is 0. The molecule has 0 saturated heterocycles. The number of rotatable bonds is 10. The number of nitrogens with zero attached hydrogens (tertiary/aromatic N) is 2. The third-order valence-corrected chi connectivity index (χ3v) is 8.55. The van der Waals surface area contributed by atoms with Crippen LogP contribution in [0.3, 0.4) is 0 Å². The van der Waals surface area contributed by atoms with Crippen molar-refractivity contribution < 1.29 is 0 Å². The van der Waals surface area contributed by atoms with Crippen molar-refractivity contribution in [3.05, 3.63) is 210 Å². The number of hydrogen-bond donors (Lipinski definition) is 0. The Morgan fingerprint density at radius 2 is 0.729 bits per heavy atom. The van der Waals surface area contributed by atoms with Crippen LogP contribution in [0.2, 0.25) is 0 Å². The number of allylic oxidation sites excluding steroid dienone is 2. The van der Waals surface area contributed by atoms with E-state index in [-0.39, 0.29) is 0 Å². The highest BCUT2D eigenvalue weighted by molar-refractivity contribution is 5.78. The smallest absolute Gasteiger partial charge is 0.0559 e. The predicted molar refractivity (Wildman–Crippen MR) is 207 cm³/mol. The second-order valence-electron chi connectivity index (χ2n) is 11.8. The van der Waals surface area contributed by atoms with E-state index < -0.39 is 0 Å². The van der Waals surface area contributed by atoms with Crippen LogP contribution < -0.4 is 9.80 Å². The van der Waals surface area contributed by atoms with Crippen LogP contribution in [0.4, 0.5) is 28.4 Å². The van der Waals surface area contributed by atoms with Crippen molar-refractivity contribution in [2.75, 3.05) is 9.80 Å². The van der Waals surface area contributed by atoms with Crippen molar-refractivity contribution in [3.8, 4) is 0 Å². The first-order valence-corrected chi connectivity index (χ1v) is 16.5. The summed E-state index contributed by atoms with van der Waals surface area (Å²) in [5.41, 5.74) is 10.5. The van der Waals surface area contributed by atoms with E-state index in [1.807, 2.05) is 0 Å². The van der Waals surface area contributed by atoms with Crippen LogP contribution >= 0.6 is 0 Å². The Labute approximate surface area is 284 Å². The van der Waals surface area contributed by atoms with E-state index in [0.717, 1.165) is 29.0 Å². The number of anilines is 5. The van der Waals surface area contributed by atoms with Gasteiger partial charge in [0.15, 0.2) is 0 Å². The Morgan fingerprint density at radius 3 is 1.15 bits per heavy atom. The van der Waals surface area contributed by atoms with Gasteiger partial charge in [0.05, 0.1) is 6.04 Å². The van der Waals surface area contributed by atoms with E-state index in [1.54, 1.807) is 0 Å². The maximum Gasteiger partial charge on any atom is 0.0559 e. The minimum absolute atomic E-state index is 0.301. The lowest BCUT2D eigenvalue weighted by Crippen LogP contribution is -2.29. The van der Waals surface area contributed by atoms with Crippen LogP contribution in [-0.4, -0.2) is 6.04 Å². The van der Waals surface area contributed by atoms with E-state index in [2.05, 4.69) is 222 Å². The van der Waals surface area contributed by atoms with Crippen LogP contribution in [-0.2, 0) is 0 Å². The summed E-state index contributed by atoms with van der Waals surface area (Å²) in [4.78, 5) is 4.69. The molecule has 0 spiro atoms. The van der Waals surface area contributed by atoms with Gasteiger partial charge in [-0.25, -0.2) is 0 Å². The van der Waals surface area contributed by atoms with Gasteiger partial charge in [0, 0.05) is 28.4 Å². The van der Waals surface area contributed by atoms with Gasteiger partial charge in [-0.1, -0.05) is 152 Å². The molecule has 6 aromatic rings. The Morgan fingerprint density at radius 1 is 0.375 bits per heavy atom. The van der Waals surface area contributed by atoms with Gasteiger partial charge in [-0.05, 0) is 89.3 Å². The Kier molecular flexibility index (Phi) is 9.53. The van der Waals surface area contributed by atoms with Crippen LogP contribution in [0, 0.1) is 0 Å². The van der Waals surface area contributed by atoms with Gasteiger partial charge >= 0.3 is 0 Å². The zero-order chi connectivity index (χ0) is 32.4. The quantitative estimate of drug-likeness (QED) is 0.141. The van der Waals surface area contributed by atoms with Crippen LogP contribution in [0.5, 0.6) is 0 Å². The zero-order valence-corrected chi connectivity index (χ0v) is 26.9. The summed E-state index contributed by atoms with van der Waals surface area (Å²) in [5, 5.41) is 0. The SMILES string of the molecule is C1=CCC(N(c2ccccc2)c2ccc(/C=C/c3ccc(/C=C/c4ccc(N(c5ccccc5)c5ccccc5)cc4)cc3)cc2)C=C1. The van der Waals surface area contributed by atoms with Gasteiger partial charge in [0.25, 0.3) is 0 Å².